The molecule has 3 aromatic carbocycles. The molecule has 36 heavy (non-hydrogen) atoms. The molecule has 0 bridgehead atoms. The number of carbonyl (C=O) groups excluding carboxylic acids is 2. The van der Waals surface area contributed by atoms with Crippen molar-refractivity contribution in [2.45, 2.75) is 52.7 Å². The van der Waals surface area contributed by atoms with E-state index in [4.69, 9.17) is 27.9 Å². The molecule has 0 radical (unpaired) electrons. The Balaban J connectivity index is 1.95. The van der Waals surface area contributed by atoms with Crippen molar-refractivity contribution in [3.8, 4) is 5.75 Å². The van der Waals surface area contributed by atoms with E-state index in [0.717, 1.165) is 16.7 Å². The van der Waals surface area contributed by atoms with Crippen molar-refractivity contribution in [3.63, 3.8) is 0 Å². The largest absolute Gasteiger partial charge is 0.484 e. The number of rotatable bonds is 10. The van der Waals surface area contributed by atoms with Gasteiger partial charge < -0.3 is 15.0 Å². The van der Waals surface area contributed by atoms with Gasteiger partial charge in [0, 0.05) is 29.1 Å². The normalized spacial score (nSPS) is 11.8. The fourth-order valence-electron chi connectivity index (χ4n) is 4.01. The summed E-state index contributed by atoms with van der Waals surface area (Å²) in [6.45, 7) is 7.65. The van der Waals surface area contributed by atoms with E-state index in [0.29, 0.717) is 27.8 Å². The molecule has 0 aliphatic heterocycles. The molecule has 1 atom stereocenters. The summed E-state index contributed by atoms with van der Waals surface area (Å²) in [5.74, 6) is 0.0512. The fraction of sp³-hybridized carbons (Fsp3) is 0.310. The van der Waals surface area contributed by atoms with Crippen LogP contribution < -0.4 is 10.1 Å². The lowest BCUT2D eigenvalue weighted by Gasteiger charge is -2.32. The van der Waals surface area contributed by atoms with Crippen LogP contribution in [0.25, 0.3) is 0 Å². The third kappa shape index (κ3) is 8.00. The first-order valence-corrected chi connectivity index (χ1v) is 12.7. The molecule has 3 rings (SSSR count). The van der Waals surface area contributed by atoms with Crippen LogP contribution in [0, 0.1) is 13.8 Å². The molecule has 7 heteroatoms. The second-order valence-corrected chi connectivity index (χ2v) is 10.1. The molecule has 0 aromatic heterocycles. The zero-order chi connectivity index (χ0) is 26.2. The van der Waals surface area contributed by atoms with Gasteiger partial charge in [-0.25, -0.2) is 0 Å². The predicted molar refractivity (Wildman–Crippen MR) is 146 cm³/mol. The summed E-state index contributed by atoms with van der Waals surface area (Å²) in [5, 5.41) is 3.90. The van der Waals surface area contributed by atoms with Crippen LogP contribution in [0.3, 0.4) is 0 Å². The Hall–Kier alpha value is -3.02. The number of benzene rings is 3. The molecule has 5 nitrogen and oxygen atoms in total. The first-order valence-electron chi connectivity index (χ1n) is 11.9. The number of amides is 2. The van der Waals surface area contributed by atoms with E-state index in [9.17, 15) is 9.59 Å². The Morgan fingerprint density at radius 1 is 0.944 bits per heavy atom. The molecule has 0 heterocycles. The molecule has 0 aliphatic rings. The standard InChI is InChI=1S/C29H32Cl2N2O3/c1-19(2)32-29(35)27(15-22-8-6-5-7-9-22)33(17-23-10-11-24(30)16-26(23)31)28(34)18-36-25-13-20(3)12-21(4)14-25/h5-14,16,19,27H,15,17-18H2,1-4H3,(H,32,35)/t27-/m1/s1. The molecule has 3 aromatic rings. The summed E-state index contributed by atoms with van der Waals surface area (Å²) in [6, 6.07) is 19.7. The molecular formula is C29H32Cl2N2O3. The highest BCUT2D eigenvalue weighted by atomic mass is 35.5. The Morgan fingerprint density at radius 3 is 2.22 bits per heavy atom. The monoisotopic (exact) mass is 526 g/mol. The Kier molecular flexibility index (Phi) is 9.80. The van der Waals surface area contributed by atoms with E-state index in [1.165, 1.54) is 0 Å². The molecule has 190 valence electrons. The third-order valence-corrected chi connectivity index (χ3v) is 6.20. The molecular weight excluding hydrogens is 495 g/mol. The van der Waals surface area contributed by atoms with Crippen LogP contribution in [0.1, 0.15) is 36.1 Å². The number of hydrogen-bond acceptors (Lipinski definition) is 3. The third-order valence-electron chi connectivity index (χ3n) is 5.62. The SMILES string of the molecule is Cc1cc(C)cc(OCC(=O)N(Cc2ccc(Cl)cc2Cl)[C@H](Cc2ccccc2)C(=O)NC(C)C)c1. The summed E-state index contributed by atoms with van der Waals surface area (Å²) in [5.41, 5.74) is 3.72. The first kappa shape index (κ1) is 27.6. The van der Waals surface area contributed by atoms with Crippen LogP contribution in [0.2, 0.25) is 10.0 Å². The maximum atomic E-state index is 13.6. The van der Waals surface area contributed by atoms with Crippen LogP contribution in [-0.4, -0.2) is 35.4 Å². The van der Waals surface area contributed by atoms with E-state index >= 15 is 0 Å². The van der Waals surface area contributed by atoms with Gasteiger partial charge in [-0.15, -0.1) is 0 Å². The van der Waals surface area contributed by atoms with Crippen molar-refractivity contribution in [2.75, 3.05) is 6.61 Å². The van der Waals surface area contributed by atoms with E-state index in [-0.39, 0.29) is 31.0 Å². The minimum atomic E-state index is -0.767. The fourth-order valence-corrected chi connectivity index (χ4v) is 4.48. The van der Waals surface area contributed by atoms with Gasteiger partial charge in [0.1, 0.15) is 11.8 Å². The van der Waals surface area contributed by atoms with Gasteiger partial charge in [-0.2, -0.15) is 0 Å². The topological polar surface area (TPSA) is 58.6 Å². The second-order valence-electron chi connectivity index (χ2n) is 9.24. The van der Waals surface area contributed by atoms with Crippen molar-refractivity contribution >= 4 is 35.0 Å². The second kappa shape index (κ2) is 12.8. The highest BCUT2D eigenvalue weighted by Gasteiger charge is 2.31. The van der Waals surface area contributed by atoms with E-state index in [1.54, 1.807) is 23.1 Å². The average Bonchev–Trinajstić information content (AvgIpc) is 2.80. The first-order chi connectivity index (χ1) is 17.1. The van der Waals surface area contributed by atoms with Gasteiger partial charge in [0.2, 0.25) is 5.91 Å². The van der Waals surface area contributed by atoms with Gasteiger partial charge in [-0.3, -0.25) is 9.59 Å². The van der Waals surface area contributed by atoms with Crippen LogP contribution >= 0.6 is 23.2 Å². The summed E-state index contributed by atoms with van der Waals surface area (Å²) in [4.78, 5) is 28.6. The molecule has 0 aliphatic carbocycles. The molecule has 2 amide bonds. The van der Waals surface area contributed by atoms with E-state index < -0.39 is 6.04 Å². The maximum Gasteiger partial charge on any atom is 0.261 e. The highest BCUT2D eigenvalue weighted by Crippen LogP contribution is 2.24. The zero-order valence-corrected chi connectivity index (χ0v) is 22.6. The van der Waals surface area contributed by atoms with Crippen molar-refractivity contribution in [1.29, 1.82) is 0 Å². The Morgan fingerprint density at radius 2 is 1.61 bits per heavy atom. The number of hydrogen-bond donors (Lipinski definition) is 1. The molecule has 1 N–H and O–H groups in total. The predicted octanol–water partition coefficient (Wildman–Crippen LogP) is 6.15. The minimum absolute atomic E-state index is 0.0848. The van der Waals surface area contributed by atoms with Gasteiger partial charge in [-0.05, 0) is 74.2 Å². The van der Waals surface area contributed by atoms with Gasteiger partial charge in [0.15, 0.2) is 6.61 Å². The minimum Gasteiger partial charge on any atom is -0.484 e. The van der Waals surface area contributed by atoms with E-state index in [1.807, 2.05) is 76.2 Å². The maximum absolute atomic E-state index is 13.6. The molecule has 0 fully saturated rings. The van der Waals surface area contributed by atoms with Gasteiger partial charge in [0.05, 0.1) is 0 Å². The van der Waals surface area contributed by atoms with Crippen molar-refractivity contribution < 1.29 is 14.3 Å². The number of carbonyl (C=O) groups is 2. The highest BCUT2D eigenvalue weighted by molar-refractivity contribution is 6.35. The number of aryl methyl sites for hydroxylation is 2. The lowest BCUT2D eigenvalue weighted by atomic mass is 10.0. The van der Waals surface area contributed by atoms with Crippen LogP contribution in [-0.2, 0) is 22.6 Å². The Labute approximate surface area is 223 Å². The average molecular weight is 527 g/mol. The quantitative estimate of drug-likeness (QED) is 0.344. The molecule has 0 saturated carbocycles. The Bertz CT molecular complexity index is 1180. The lowest BCUT2D eigenvalue weighted by Crippen LogP contribution is -2.52. The summed E-state index contributed by atoms with van der Waals surface area (Å²) >= 11 is 12.5. The zero-order valence-electron chi connectivity index (χ0n) is 21.1. The van der Waals surface area contributed by atoms with Gasteiger partial charge in [-0.1, -0.05) is 65.7 Å². The van der Waals surface area contributed by atoms with Crippen molar-refractivity contribution in [2.24, 2.45) is 0 Å². The van der Waals surface area contributed by atoms with Crippen molar-refractivity contribution in [3.05, 3.63) is 99.0 Å². The molecule has 0 saturated heterocycles. The van der Waals surface area contributed by atoms with Crippen LogP contribution in [0.4, 0.5) is 0 Å². The summed E-state index contributed by atoms with van der Waals surface area (Å²) < 4.78 is 5.88. The van der Waals surface area contributed by atoms with Crippen LogP contribution in [0.5, 0.6) is 5.75 Å². The number of halogens is 2. The summed E-state index contributed by atoms with van der Waals surface area (Å²) in [6.07, 6.45) is 0.347. The summed E-state index contributed by atoms with van der Waals surface area (Å²) in [7, 11) is 0. The molecule has 0 spiro atoms. The van der Waals surface area contributed by atoms with Gasteiger partial charge in [0.25, 0.3) is 5.91 Å². The van der Waals surface area contributed by atoms with E-state index in [2.05, 4.69) is 5.32 Å². The number of nitrogens with zero attached hydrogens (tertiary/aromatic N) is 1. The van der Waals surface area contributed by atoms with Crippen molar-refractivity contribution in [1.82, 2.24) is 10.2 Å². The van der Waals surface area contributed by atoms with Gasteiger partial charge >= 0.3 is 0 Å². The number of nitrogens with one attached hydrogen (secondary N) is 1. The smallest absolute Gasteiger partial charge is 0.261 e. The van der Waals surface area contributed by atoms with Crippen LogP contribution in [0.15, 0.2) is 66.7 Å². The lowest BCUT2D eigenvalue weighted by molar-refractivity contribution is -0.143. The number of ether oxygens (including phenoxy) is 1. The molecule has 0 unspecified atom stereocenters.